The van der Waals surface area contributed by atoms with Gasteiger partial charge in [-0.15, -0.1) is 0 Å². The van der Waals surface area contributed by atoms with Crippen molar-refractivity contribution in [3.8, 4) is 11.5 Å². The van der Waals surface area contributed by atoms with Crippen LogP contribution < -0.4 is 10.1 Å². The largest absolute Gasteiger partial charge is 0.457 e. The molecule has 0 aromatic heterocycles. The molecule has 2 rings (SSSR count). The second-order valence-electron chi connectivity index (χ2n) is 6.51. The van der Waals surface area contributed by atoms with E-state index in [1.165, 1.54) is 6.07 Å². The predicted molar refractivity (Wildman–Crippen MR) is 101 cm³/mol. The molecule has 0 radical (unpaired) electrons. The standard InChI is InChI=1S/C17H20N2O3.H3O3P/c1-12-5-7-13(8-6-12)22-14-9-10-16(19(20)21)15(11-14)18-17(2,3)4;1-4(2)3/h5-11,18H,1-4H3;4H,(H2,1,2,3). The molecule has 26 heavy (non-hydrogen) atoms. The lowest BCUT2D eigenvalue weighted by atomic mass is 10.1. The van der Waals surface area contributed by atoms with Gasteiger partial charge in [0.15, 0.2) is 0 Å². The van der Waals surface area contributed by atoms with Crippen LogP contribution in [0.15, 0.2) is 42.5 Å². The van der Waals surface area contributed by atoms with E-state index in [-0.39, 0.29) is 11.2 Å². The van der Waals surface area contributed by atoms with Gasteiger partial charge in [0, 0.05) is 17.7 Å². The third-order valence-corrected chi connectivity index (χ3v) is 2.93. The summed E-state index contributed by atoms with van der Waals surface area (Å²) in [5.41, 5.74) is 1.34. The van der Waals surface area contributed by atoms with Gasteiger partial charge in [-0.25, -0.2) is 0 Å². The fraction of sp³-hybridized carbons (Fsp3) is 0.294. The average molecular weight is 382 g/mol. The summed E-state index contributed by atoms with van der Waals surface area (Å²) in [4.78, 5) is 25.1. The zero-order chi connectivity index (χ0) is 19.9. The second kappa shape index (κ2) is 9.33. The Bertz CT molecular complexity index is 768. The lowest BCUT2D eigenvalue weighted by molar-refractivity contribution is -0.384. The summed E-state index contributed by atoms with van der Waals surface area (Å²) in [6.45, 7) is 7.85. The Hall–Kier alpha value is -2.41. The molecule has 0 atom stereocenters. The third kappa shape index (κ3) is 8.11. The number of ether oxygens (including phenoxy) is 1. The molecule has 0 fully saturated rings. The summed E-state index contributed by atoms with van der Waals surface area (Å²) in [5, 5.41) is 14.3. The van der Waals surface area contributed by atoms with E-state index < -0.39 is 13.2 Å². The van der Waals surface area contributed by atoms with E-state index in [2.05, 4.69) is 5.32 Å². The molecule has 0 saturated heterocycles. The van der Waals surface area contributed by atoms with E-state index in [1.807, 2.05) is 52.0 Å². The molecule has 8 nitrogen and oxygen atoms in total. The highest BCUT2D eigenvalue weighted by Gasteiger charge is 2.19. The number of benzene rings is 2. The Morgan fingerprint density at radius 3 is 2.04 bits per heavy atom. The maximum absolute atomic E-state index is 11.1. The van der Waals surface area contributed by atoms with Crippen LogP contribution in [0.3, 0.4) is 0 Å². The van der Waals surface area contributed by atoms with Gasteiger partial charge in [0.25, 0.3) is 5.69 Å². The third-order valence-electron chi connectivity index (χ3n) is 2.93. The number of anilines is 1. The van der Waals surface area contributed by atoms with Crippen molar-refractivity contribution < 1.29 is 24.0 Å². The van der Waals surface area contributed by atoms with Crippen LogP contribution in [0.1, 0.15) is 26.3 Å². The molecule has 2 aromatic rings. The maximum Gasteiger partial charge on any atom is 0.314 e. The van der Waals surface area contributed by atoms with Crippen LogP contribution in [-0.4, -0.2) is 20.2 Å². The molecule has 0 heterocycles. The molecule has 0 amide bonds. The van der Waals surface area contributed by atoms with Crippen molar-refractivity contribution in [2.75, 3.05) is 5.32 Å². The maximum atomic E-state index is 11.1. The quantitative estimate of drug-likeness (QED) is 0.410. The Morgan fingerprint density at radius 2 is 1.58 bits per heavy atom. The SMILES string of the molecule is Cc1ccc(Oc2ccc([N+](=O)[O-])c(NC(C)(C)C)c2)cc1.O=[PH](O)O. The lowest BCUT2D eigenvalue weighted by Crippen LogP contribution is -2.26. The zero-order valence-electron chi connectivity index (χ0n) is 15.0. The first-order valence-electron chi connectivity index (χ1n) is 7.71. The molecule has 0 aliphatic heterocycles. The van der Waals surface area contributed by atoms with Gasteiger partial charge in [-0.3, -0.25) is 14.7 Å². The number of aryl methyl sites for hydroxylation is 1. The molecule has 0 saturated carbocycles. The van der Waals surface area contributed by atoms with E-state index in [1.54, 1.807) is 12.1 Å². The van der Waals surface area contributed by atoms with Crippen molar-refractivity contribution in [1.29, 1.82) is 0 Å². The molecule has 142 valence electrons. The zero-order valence-corrected chi connectivity index (χ0v) is 16.0. The first kappa shape index (κ1) is 21.6. The minimum atomic E-state index is -3.13. The van der Waals surface area contributed by atoms with Gasteiger partial charge < -0.3 is 19.8 Å². The van der Waals surface area contributed by atoms with Gasteiger partial charge in [0.2, 0.25) is 0 Å². The van der Waals surface area contributed by atoms with Gasteiger partial charge in [-0.1, -0.05) is 17.7 Å². The molecule has 3 N–H and O–H groups in total. The van der Waals surface area contributed by atoms with E-state index >= 15 is 0 Å². The molecule has 0 aliphatic carbocycles. The highest BCUT2D eigenvalue weighted by atomic mass is 31.1. The Kier molecular flexibility index (Phi) is 7.76. The highest BCUT2D eigenvalue weighted by molar-refractivity contribution is 7.30. The number of nitro groups is 1. The molecular formula is C17H23N2O6P. The smallest absolute Gasteiger partial charge is 0.314 e. The van der Waals surface area contributed by atoms with E-state index in [0.717, 1.165) is 5.56 Å². The summed E-state index contributed by atoms with van der Waals surface area (Å²) in [5.74, 6) is 1.25. The van der Waals surface area contributed by atoms with Gasteiger partial charge in [0.05, 0.1) is 4.92 Å². The van der Waals surface area contributed by atoms with Crippen molar-refractivity contribution in [2.24, 2.45) is 0 Å². The Labute approximate surface area is 152 Å². The number of nitrogens with zero attached hydrogens (tertiary/aromatic N) is 1. The van der Waals surface area contributed by atoms with E-state index in [0.29, 0.717) is 17.2 Å². The van der Waals surface area contributed by atoms with E-state index in [9.17, 15) is 10.1 Å². The summed E-state index contributed by atoms with van der Waals surface area (Å²) in [6.07, 6.45) is 0. The number of rotatable bonds is 4. The number of hydrogen-bond acceptors (Lipinski definition) is 5. The second-order valence-corrected chi connectivity index (χ2v) is 7.07. The first-order valence-corrected chi connectivity index (χ1v) is 9.01. The molecular weight excluding hydrogens is 359 g/mol. The fourth-order valence-electron chi connectivity index (χ4n) is 1.98. The molecule has 0 unspecified atom stereocenters. The van der Waals surface area contributed by atoms with Crippen LogP contribution in [0.5, 0.6) is 11.5 Å². The summed E-state index contributed by atoms with van der Waals surface area (Å²) < 4.78 is 14.5. The van der Waals surface area contributed by atoms with Gasteiger partial charge >= 0.3 is 8.25 Å². The summed E-state index contributed by atoms with van der Waals surface area (Å²) in [7, 11) is -3.13. The van der Waals surface area contributed by atoms with Crippen LogP contribution >= 0.6 is 8.25 Å². The first-order chi connectivity index (χ1) is 12.0. The highest BCUT2D eigenvalue weighted by Crippen LogP contribution is 2.33. The number of hydrogen-bond donors (Lipinski definition) is 3. The van der Waals surface area contributed by atoms with Gasteiger partial charge in [0.1, 0.15) is 17.2 Å². The average Bonchev–Trinajstić information content (AvgIpc) is 2.47. The van der Waals surface area contributed by atoms with Crippen molar-refractivity contribution in [1.82, 2.24) is 0 Å². The normalized spacial score (nSPS) is 10.7. The topological polar surface area (TPSA) is 122 Å². The molecule has 2 aromatic carbocycles. The predicted octanol–water partition coefficient (Wildman–Crippen LogP) is 4.27. The van der Waals surface area contributed by atoms with Crippen LogP contribution in [0.4, 0.5) is 11.4 Å². The lowest BCUT2D eigenvalue weighted by Gasteiger charge is -2.22. The van der Waals surface area contributed by atoms with Crippen molar-refractivity contribution in [3.63, 3.8) is 0 Å². The Morgan fingerprint density at radius 1 is 1.08 bits per heavy atom. The van der Waals surface area contributed by atoms with Crippen molar-refractivity contribution in [2.45, 2.75) is 33.2 Å². The van der Waals surface area contributed by atoms with Crippen LogP contribution in [-0.2, 0) is 4.57 Å². The minimum Gasteiger partial charge on any atom is -0.457 e. The minimum absolute atomic E-state index is 0.0335. The monoisotopic (exact) mass is 382 g/mol. The molecule has 9 heteroatoms. The van der Waals surface area contributed by atoms with Gasteiger partial charge in [-0.05, 0) is 45.9 Å². The summed E-state index contributed by atoms with van der Waals surface area (Å²) in [6, 6.07) is 12.4. The van der Waals surface area contributed by atoms with Crippen LogP contribution in [0.2, 0.25) is 0 Å². The molecule has 0 bridgehead atoms. The number of nitrogens with one attached hydrogen (secondary N) is 1. The van der Waals surface area contributed by atoms with Crippen LogP contribution in [0, 0.1) is 17.0 Å². The van der Waals surface area contributed by atoms with E-state index in [4.69, 9.17) is 19.1 Å². The van der Waals surface area contributed by atoms with Crippen molar-refractivity contribution >= 4 is 19.6 Å². The fourth-order valence-corrected chi connectivity index (χ4v) is 1.98. The molecule has 0 spiro atoms. The van der Waals surface area contributed by atoms with Crippen molar-refractivity contribution in [3.05, 3.63) is 58.1 Å². The number of nitro benzene ring substituents is 1. The Balaban J connectivity index is 0.000000765. The summed E-state index contributed by atoms with van der Waals surface area (Å²) >= 11 is 0. The van der Waals surface area contributed by atoms with Gasteiger partial charge in [-0.2, -0.15) is 0 Å². The molecule has 0 aliphatic rings. The van der Waals surface area contributed by atoms with Crippen LogP contribution in [0.25, 0.3) is 0 Å².